The third-order valence-electron chi connectivity index (χ3n) is 2.54. The van der Waals surface area contributed by atoms with Crippen LogP contribution in [0.4, 0.5) is 0 Å². The van der Waals surface area contributed by atoms with Gasteiger partial charge in [0.05, 0.1) is 12.3 Å². The normalized spacial score (nSPS) is 10.8. The molecule has 0 bridgehead atoms. The molecular weight excluding hydrogens is 232 g/mol. The van der Waals surface area contributed by atoms with Gasteiger partial charge in [-0.05, 0) is 6.92 Å². The van der Waals surface area contributed by atoms with Crippen molar-refractivity contribution >= 4 is 11.3 Å². The van der Waals surface area contributed by atoms with Crippen LogP contribution in [0.5, 0.6) is 0 Å². The average molecular weight is 248 g/mol. The SMILES string of the molecule is COCc1nc(-c2ccc(C)cc2)sc1CN. The highest BCUT2D eigenvalue weighted by atomic mass is 32.1. The summed E-state index contributed by atoms with van der Waals surface area (Å²) < 4.78 is 5.13. The van der Waals surface area contributed by atoms with Crippen LogP contribution in [-0.2, 0) is 17.9 Å². The van der Waals surface area contributed by atoms with Gasteiger partial charge in [-0.15, -0.1) is 11.3 Å². The molecule has 0 spiro atoms. The monoisotopic (exact) mass is 248 g/mol. The Labute approximate surface area is 105 Å². The Morgan fingerprint density at radius 1 is 1.29 bits per heavy atom. The number of rotatable bonds is 4. The molecule has 0 aliphatic rings. The number of nitrogens with two attached hydrogens (primary N) is 1. The molecule has 2 rings (SSSR count). The van der Waals surface area contributed by atoms with E-state index in [1.54, 1.807) is 18.4 Å². The Bertz CT molecular complexity index is 491. The predicted molar refractivity (Wildman–Crippen MR) is 70.9 cm³/mol. The van der Waals surface area contributed by atoms with E-state index >= 15 is 0 Å². The van der Waals surface area contributed by atoms with Crippen molar-refractivity contribution in [3.8, 4) is 10.6 Å². The third kappa shape index (κ3) is 2.72. The van der Waals surface area contributed by atoms with Crippen LogP contribution in [0.3, 0.4) is 0 Å². The summed E-state index contributed by atoms with van der Waals surface area (Å²) in [5.41, 5.74) is 9.05. The van der Waals surface area contributed by atoms with Crippen LogP contribution < -0.4 is 5.73 Å². The Balaban J connectivity index is 2.35. The summed E-state index contributed by atoms with van der Waals surface area (Å²) in [6, 6.07) is 8.36. The van der Waals surface area contributed by atoms with Gasteiger partial charge in [0, 0.05) is 24.1 Å². The van der Waals surface area contributed by atoms with E-state index in [0.29, 0.717) is 13.2 Å². The van der Waals surface area contributed by atoms with Crippen molar-refractivity contribution in [3.63, 3.8) is 0 Å². The molecule has 0 radical (unpaired) electrons. The number of aromatic nitrogens is 1. The summed E-state index contributed by atoms with van der Waals surface area (Å²) in [4.78, 5) is 5.68. The van der Waals surface area contributed by atoms with Gasteiger partial charge in [0.25, 0.3) is 0 Å². The Morgan fingerprint density at radius 2 is 2.00 bits per heavy atom. The van der Waals surface area contributed by atoms with Gasteiger partial charge >= 0.3 is 0 Å². The molecule has 1 aromatic heterocycles. The summed E-state index contributed by atoms with van der Waals surface area (Å²) in [7, 11) is 1.67. The predicted octanol–water partition coefficient (Wildman–Crippen LogP) is 2.72. The fourth-order valence-corrected chi connectivity index (χ4v) is 2.56. The van der Waals surface area contributed by atoms with Crippen LogP contribution >= 0.6 is 11.3 Å². The van der Waals surface area contributed by atoms with Crippen LogP contribution in [0.1, 0.15) is 16.1 Å². The zero-order valence-corrected chi connectivity index (χ0v) is 10.9. The molecule has 0 saturated heterocycles. The maximum Gasteiger partial charge on any atom is 0.124 e. The molecule has 2 aromatic rings. The number of aryl methyl sites for hydroxylation is 1. The van der Waals surface area contributed by atoms with E-state index in [4.69, 9.17) is 10.5 Å². The van der Waals surface area contributed by atoms with Crippen molar-refractivity contribution in [3.05, 3.63) is 40.4 Å². The molecule has 0 fully saturated rings. The molecular formula is C13H16N2OS. The molecule has 3 nitrogen and oxygen atoms in total. The summed E-state index contributed by atoms with van der Waals surface area (Å²) >= 11 is 1.64. The van der Waals surface area contributed by atoms with E-state index in [-0.39, 0.29) is 0 Å². The number of thiazole rings is 1. The minimum absolute atomic E-state index is 0.516. The van der Waals surface area contributed by atoms with Gasteiger partial charge in [-0.25, -0.2) is 4.98 Å². The van der Waals surface area contributed by atoms with E-state index in [1.807, 2.05) is 0 Å². The first-order valence-electron chi connectivity index (χ1n) is 5.49. The highest BCUT2D eigenvalue weighted by Crippen LogP contribution is 2.28. The molecule has 1 heterocycles. The van der Waals surface area contributed by atoms with Gasteiger partial charge in [-0.3, -0.25) is 0 Å². The first-order valence-corrected chi connectivity index (χ1v) is 6.31. The molecule has 0 aliphatic carbocycles. The summed E-state index contributed by atoms with van der Waals surface area (Å²) in [6.45, 7) is 3.12. The van der Waals surface area contributed by atoms with Crippen LogP contribution in [0.15, 0.2) is 24.3 Å². The topological polar surface area (TPSA) is 48.1 Å². The van der Waals surface area contributed by atoms with Crippen molar-refractivity contribution in [1.82, 2.24) is 4.98 Å². The lowest BCUT2D eigenvalue weighted by atomic mass is 10.2. The molecule has 17 heavy (non-hydrogen) atoms. The third-order valence-corrected chi connectivity index (χ3v) is 3.71. The molecule has 4 heteroatoms. The van der Waals surface area contributed by atoms with E-state index < -0.39 is 0 Å². The summed E-state index contributed by atoms with van der Waals surface area (Å²) in [6.07, 6.45) is 0. The van der Waals surface area contributed by atoms with Gasteiger partial charge in [-0.1, -0.05) is 29.8 Å². The minimum atomic E-state index is 0.516. The van der Waals surface area contributed by atoms with Crippen molar-refractivity contribution in [2.75, 3.05) is 7.11 Å². The van der Waals surface area contributed by atoms with Crippen molar-refractivity contribution in [1.29, 1.82) is 0 Å². The number of nitrogens with zero attached hydrogens (tertiary/aromatic N) is 1. The Kier molecular flexibility index (Phi) is 3.89. The quantitative estimate of drug-likeness (QED) is 0.905. The standard InChI is InChI=1S/C13H16N2OS/c1-9-3-5-10(6-4-9)13-15-11(8-16-2)12(7-14)17-13/h3-6H,7-8,14H2,1-2H3. The van der Waals surface area contributed by atoms with Crippen LogP contribution in [0, 0.1) is 6.92 Å². The lowest BCUT2D eigenvalue weighted by Crippen LogP contribution is -1.99. The molecule has 0 atom stereocenters. The first kappa shape index (κ1) is 12.2. The lowest BCUT2D eigenvalue weighted by molar-refractivity contribution is 0.181. The highest BCUT2D eigenvalue weighted by Gasteiger charge is 2.10. The number of benzene rings is 1. The van der Waals surface area contributed by atoms with E-state index in [2.05, 4.69) is 36.2 Å². The number of hydrogen-bond donors (Lipinski definition) is 1. The second kappa shape index (κ2) is 5.40. The highest BCUT2D eigenvalue weighted by molar-refractivity contribution is 7.15. The molecule has 0 unspecified atom stereocenters. The zero-order valence-electron chi connectivity index (χ0n) is 10.1. The van der Waals surface area contributed by atoms with Gasteiger partial charge < -0.3 is 10.5 Å². The molecule has 2 N–H and O–H groups in total. The molecule has 0 aliphatic heterocycles. The Hall–Kier alpha value is -1.23. The second-order valence-corrected chi connectivity index (χ2v) is 4.98. The molecule has 90 valence electrons. The van der Waals surface area contributed by atoms with Crippen LogP contribution in [0.25, 0.3) is 10.6 Å². The maximum absolute atomic E-state index is 5.71. The van der Waals surface area contributed by atoms with Gasteiger partial charge in [0.1, 0.15) is 5.01 Å². The van der Waals surface area contributed by atoms with Crippen LogP contribution in [-0.4, -0.2) is 12.1 Å². The molecule has 0 saturated carbocycles. The van der Waals surface area contributed by atoms with Gasteiger partial charge in [0.15, 0.2) is 0 Å². The Morgan fingerprint density at radius 3 is 2.59 bits per heavy atom. The number of methoxy groups -OCH3 is 1. The maximum atomic E-state index is 5.71. The average Bonchev–Trinajstić information content (AvgIpc) is 2.74. The van der Waals surface area contributed by atoms with Gasteiger partial charge in [0.2, 0.25) is 0 Å². The summed E-state index contributed by atoms with van der Waals surface area (Å²) in [5.74, 6) is 0. The minimum Gasteiger partial charge on any atom is -0.378 e. The fraction of sp³-hybridized carbons (Fsp3) is 0.308. The first-order chi connectivity index (χ1) is 8.24. The van der Waals surface area contributed by atoms with E-state index in [0.717, 1.165) is 21.1 Å². The van der Waals surface area contributed by atoms with E-state index in [9.17, 15) is 0 Å². The second-order valence-electron chi connectivity index (χ2n) is 3.89. The van der Waals surface area contributed by atoms with Crippen LogP contribution in [0.2, 0.25) is 0 Å². The zero-order chi connectivity index (χ0) is 12.3. The largest absolute Gasteiger partial charge is 0.378 e. The number of hydrogen-bond acceptors (Lipinski definition) is 4. The smallest absolute Gasteiger partial charge is 0.124 e. The lowest BCUT2D eigenvalue weighted by Gasteiger charge is -1.97. The van der Waals surface area contributed by atoms with Crippen molar-refractivity contribution < 1.29 is 4.74 Å². The molecule has 1 aromatic carbocycles. The molecule has 0 amide bonds. The number of ether oxygens (including phenoxy) is 1. The fourth-order valence-electron chi connectivity index (χ4n) is 1.61. The summed E-state index contributed by atoms with van der Waals surface area (Å²) in [5, 5.41) is 1.01. The van der Waals surface area contributed by atoms with E-state index in [1.165, 1.54) is 5.56 Å². The van der Waals surface area contributed by atoms with Crippen molar-refractivity contribution in [2.24, 2.45) is 5.73 Å². The van der Waals surface area contributed by atoms with Gasteiger partial charge in [-0.2, -0.15) is 0 Å². The van der Waals surface area contributed by atoms with Crippen molar-refractivity contribution in [2.45, 2.75) is 20.1 Å².